The van der Waals surface area contributed by atoms with Crippen molar-refractivity contribution in [3.05, 3.63) is 35.4 Å². The highest BCUT2D eigenvalue weighted by Gasteiger charge is 2.16. The zero-order valence-corrected chi connectivity index (χ0v) is 10.5. The SMILES string of the molecule is COC(=O)N[C@H](CC(=O)O)Cc1ccc(C)cc1. The number of nitrogens with one attached hydrogen (secondary N) is 1. The lowest BCUT2D eigenvalue weighted by molar-refractivity contribution is -0.137. The second-order valence-corrected chi connectivity index (χ2v) is 4.12. The van der Waals surface area contributed by atoms with Crippen LogP contribution >= 0.6 is 0 Å². The molecule has 18 heavy (non-hydrogen) atoms. The van der Waals surface area contributed by atoms with E-state index in [4.69, 9.17) is 5.11 Å². The maximum Gasteiger partial charge on any atom is 0.407 e. The van der Waals surface area contributed by atoms with Gasteiger partial charge in [0.25, 0.3) is 0 Å². The molecule has 0 fully saturated rings. The van der Waals surface area contributed by atoms with Crippen molar-refractivity contribution < 1.29 is 19.4 Å². The lowest BCUT2D eigenvalue weighted by atomic mass is 10.0. The minimum absolute atomic E-state index is 0.136. The van der Waals surface area contributed by atoms with Crippen molar-refractivity contribution in [2.24, 2.45) is 0 Å². The molecule has 98 valence electrons. The second-order valence-electron chi connectivity index (χ2n) is 4.12. The molecule has 0 heterocycles. The molecule has 0 saturated carbocycles. The minimum Gasteiger partial charge on any atom is -0.481 e. The summed E-state index contributed by atoms with van der Waals surface area (Å²) in [6.45, 7) is 1.98. The van der Waals surface area contributed by atoms with Gasteiger partial charge in [-0.2, -0.15) is 0 Å². The molecule has 5 heteroatoms. The third-order valence-electron chi connectivity index (χ3n) is 2.53. The van der Waals surface area contributed by atoms with Crippen LogP contribution in [0.4, 0.5) is 4.79 Å². The number of alkyl carbamates (subject to hydrolysis) is 1. The average Bonchev–Trinajstić information content (AvgIpc) is 2.31. The van der Waals surface area contributed by atoms with Gasteiger partial charge in [-0.3, -0.25) is 4.79 Å². The van der Waals surface area contributed by atoms with Gasteiger partial charge in [0.05, 0.1) is 13.5 Å². The van der Waals surface area contributed by atoms with Gasteiger partial charge in [0.15, 0.2) is 0 Å². The molecule has 1 aromatic carbocycles. The van der Waals surface area contributed by atoms with E-state index in [1.165, 1.54) is 7.11 Å². The quantitative estimate of drug-likeness (QED) is 0.835. The number of hydrogen-bond acceptors (Lipinski definition) is 3. The van der Waals surface area contributed by atoms with Crippen LogP contribution in [0.5, 0.6) is 0 Å². The normalized spacial score (nSPS) is 11.7. The van der Waals surface area contributed by atoms with Crippen LogP contribution in [0.2, 0.25) is 0 Å². The van der Waals surface area contributed by atoms with Crippen molar-refractivity contribution in [3.63, 3.8) is 0 Å². The highest BCUT2D eigenvalue weighted by atomic mass is 16.5. The number of carboxylic acids is 1. The number of amides is 1. The Labute approximate surface area is 106 Å². The van der Waals surface area contributed by atoms with E-state index in [9.17, 15) is 9.59 Å². The fraction of sp³-hybridized carbons (Fsp3) is 0.385. The molecule has 0 unspecified atom stereocenters. The number of benzene rings is 1. The minimum atomic E-state index is -0.955. The first-order valence-corrected chi connectivity index (χ1v) is 5.63. The Morgan fingerprint density at radius 2 is 1.94 bits per heavy atom. The smallest absolute Gasteiger partial charge is 0.407 e. The summed E-state index contributed by atoms with van der Waals surface area (Å²) in [6.07, 6.45) is -0.293. The summed E-state index contributed by atoms with van der Waals surface area (Å²) in [6, 6.07) is 7.26. The Morgan fingerprint density at radius 3 is 2.44 bits per heavy atom. The molecule has 5 nitrogen and oxygen atoms in total. The number of carboxylic acid groups (broad SMARTS) is 1. The molecule has 1 amide bonds. The molecular formula is C13H17NO4. The van der Waals surface area contributed by atoms with E-state index in [1.54, 1.807) is 0 Å². The van der Waals surface area contributed by atoms with Gasteiger partial charge in [-0.1, -0.05) is 29.8 Å². The lowest BCUT2D eigenvalue weighted by Crippen LogP contribution is -2.38. The van der Waals surface area contributed by atoms with Crippen LogP contribution in [-0.4, -0.2) is 30.3 Å². The molecular weight excluding hydrogens is 234 g/mol. The molecule has 2 N–H and O–H groups in total. The van der Waals surface area contributed by atoms with E-state index in [0.717, 1.165) is 11.1 Å². The lowest BCUT2D eigenvalue weighted by Gasteiger charge is -2.16. The van der Waals surface area contributed by atoms with Gasteiger partial charge in [-0.05, 0) is 18.9 Å². The summed E-state index contributed by atoms with van der Waals surface area (Å²) >= 11 is 0. The summed E-state index contributed by atoms with van der Waals surface area (Å²) < 4.78 is 4.48. The number of methoxy groups -OCH3 is 1. The van der Waals surface area contributed by atoms with Crippen LogP contribution < -0.4 is 5.32 Å². The van der Waals surface area contributed by atoms with Gasteiger partial charge >= 0.3 is 12.1 Å². The number of hydrogen-bond donors (Lipinski definition) is 2. The van der Waals surface area contributed by atoms with Gasteiger partial charge in [-0.25, -0.2) is 4.79 Å². The van der Waals surface area contributed by atoms with Crippen molar-refractivity contribution in [1.29, 1.82) is 0 Å². The second kappa shape index (κ2) is 6.64. The van der Waals surface area contributed by atoms with E-state index in [0.29, 0.717) is 6.42 Å². The highest BCUT2D eigenvalue weighted by Crippen LogP contribution is 2.08. The van der Waals surface area contributed by atoms with E-state index in [1.807, 2.05) is 31.2 Å². The predicted molar refractivity (Wildman–Crippen MR) is 66.5 cm³/mol. The maximum atomic E-state index is 11.1. The number of ether oxygens (including phenoxy) is 1. The zero-order chi connectivity index (χ0) is 13.5. The summed E-state index contributed by atoms with van der Waals surface area (Å²) in [5, 5.41) is 11.3. The van der Waals surface area contributed by atoms with Crippen LogP contribution in [0.3, 0.4) is 0 Å². The third kappa shape index (κ3) is 4.86. The number of carbonyl (C=O) groups is 2. The largest absolute Gasteiger partial charge is 0.481 e. The number of aliphatic carboxylic acids is 1. The average molecular weight is 251 g/mol. The van der Waals surface area contributed by atoms with Gasteiger partial charge in [0.1, 0.15) is 0 Å². The van der Waals surface area contributed by atoms with E-state index in [-0.39, 0.29) is 6.42 Å². The van der Waals surface area contributed by atoms with Crippen LogP contribution in [0.25, 0.3) is 0 Å². The van der Waals surface area contributed by atoms with Crippen molar-refractivity contribution in [2.75, 3.05) is 7.11 Å². The molecule has 0 aliphatic heterocycles. The van der Waals surface area contributed by atoms with E-state index < -0.39 is 18.1 Å². The molecule has 0 aliphatic rings. The molecule has 0 saturated heterocycles. The maximum absolute atomic E-state index is 11.1. The van der Waals surface area contributed by atoms with E-state index in [2.05, 4.69) is 10.1 Å². The molecule has 0 bridgehead atoms. The Kier molecular flexibility index (Phi) is 5.17. The highest BCUT2D eigenvalue weighted by molar-refractivity contribution is 5.71. The van der Waals surface area contributed by atoms with Gasteiger partial charge in [-0.15, -0.1) is 0 Å². The summed E-state index contributed by atoms with van der Waals surface area (Å²) in [5.74, 6) is -0.955. The number of rotatable bonds is 5. The topological polar surface area (TPSA) is 75.6 Å². The van der Waals surface area contributed by atoms with Crippen molar-refractivity contribution >= 4 is 12.1 Å². The van der Waals surface area contributed by atoms with Crippen LogP contribution in [-0.2, 0) is 16.0 Å². The molecule has 1 rings (SSSR count). The first-order valence-electron chi connectivity index (χ1n) is 5.63. The first-order chi connectivity index (χ1) is 8.51. The predicted octanol–water partition coefficient (Wildman–Crippen LogP) is 1.74. The standard InChI is InChI=1S/C13H17NO4/c1-9-3-5-10(6-4-9)7-11(8-12(15)16)14-13(17)18-2/h3-6,11H,7-8H2,1-2H3,(H,14,17)(H,15,16)/t11-/m0/s1. The Balaban J connectivity index is 2.67. The van der Waals surface area contributed by atoms with Crippen LogP contribution in [0.15, 0.2) is 24.3 Å². The molecule has 1 atom stereocenters. The van der Waals surface area contributed by atoms with Crippen molar-refractivity contribution in [3.8, 4) is 0 Å². The Hall–Kier alpha value is -2.04. The fourth-order valence-corrected chi connectivity index (χ4v) is 1.62. The summed E-state index contributed by atoms with van der Waals surface area (Å²) in [5.41, 5.74) is 2.11. The number of aryl methyl sites for hydroxylation is 1. The summed E-state index contributed by atoms with van der Waals surface area (Å²) in [4.78, 5) is 21.9. The molecule has 1 aromatic rings. The van der Waals surface area contributed by atoms with Crippen LogP contribution in [0, 0.1) is 6.92 Å². The van der Waals surface area contributed by atoms with Gasteiger partial charge < -0.3 is 15.2 Å². The van der Waals surface area contributed by atoms with Crippen molar-refractivity contribution in [2.45, 2.75) is 25.8 Å². The Bertz CT molecular complexity index is 414. The molecule has 0 aromatic heterocycles. The monoisotopic (exact) mass is 251 g/mol. The summed E-state index contributed by atoms with van der Waals surface area (Å²) in [7, 11) is 1.25. The zero-order valence-electron chi connectivity index (χ0n) is 10.5. The molecule has 0 spiro atoms. The fourth-order valence-electron chi connectivity index (χ4n) is 1.62. The van der Waals surface area contributed by atoms with Crippen molar-refractivity contribution in [1.82, 2.24) is 5.32 Å². The van der Waals surface area contributed by atoms with E-state index >= 15 is 0 Å². The Morgan fingerprint density at radius 1 is 1.33 bits per heavy atom. The third-order valence-corrected chi connectivity index (χ3v) is 2.53. The van der Waals surface area contributed by atoms with Crippen LogP contribution in [0.1, 0.15) is 17.5 Å². The first kappa shape index (κ1) is 14.0. The molecule has 0 aliphatic carbocycles. The van der Waals surface area contributed by atoms with Gasteiger partial charge in [0, 0.05) is 6.04 Å². The number of carbonyl (C=O) groups excluding carboxylic acids is 1. The van der Waals surface area contributed by atoms with Gasteiger partial charge in [0.2, 0.25) is 0 Å². The molecule has 0 radical (unpaired) electrons.